The molecule has 0 saturated heterocycles. The fourth-order valence-electron chi connectivity index (χ4n) is 8.49. The second-order valence-corrected chi connectivity index (χ2v) is 20.6. The molecule has 65 heavy (non-hydrogen) atoms. The summed E-state index contributed by atoms with van der Waals surface area (Å²) in [5.74, 6) is -2.00. The Morgan fingerprint density at radius 2 is 0.692 bits per heavy atom. The maximum atomic E-state index is 12.7. The molecular weight excluding hydrogens is 815 g/mol. The third kappa shape index (κ3) is 50.0. The number of aliphatic carboxylic acids is 1. The zero-order valence-corrected chi connectivity index (χ0v) is 43.9. The monoisotopic (exact) mass is 925 g/mol. The Morgan fingerprint density at radius 3 is 0.985 bits per heavy atom. The van der Waals surface area contributed by atoms with E-state index in [1.54, 1.807) is 0 Å². The lowest BCUT2D eigenvalue weighted by atomic mass is 10.0. The number of carbonyl (C=O) groups is 3. The summed E-state index contributed by atoms with van der Waals surface area (Å²) in [6, 6.07) is 0. The Kier molecular flexibility index (Phi) is 47.5. The predicted molar refractivity (Wildman–Crippen MR) is 272 cm³/mol. The van der Waals surface area contributed by atoms with Gasteiger partial charge >= 0.3 is 17.9 Å². The van der Waals surface area contributed by atoms with E-state index in [1.807, 2.05) is 21.1 Å². The van der Waals surface area contributed by atoms with Crippen molar-refractivity contribution in [2.24, 2.45) is 0 Å². The molecule has 0 aliphatic heterocycles. The number of ether oxygens (including phenoxy) is 4. The molecule has 0 aromatic rings. The van der Waals surface area contributed by atoms with E-state index < -0.39 is 24.3 Å². The van der Waals surface area contributed by atoms with E-state index in [2.05, 4.69) is 13.8 Å². The number of quaternary nitrogens is 1. The third-order valence-electron chi connectivity index (χ3n) is 12.9. The summed E-state index contributed by atoms with van der Waals surface area (Å²) >= 11 is 0. The summed E-state index contributed by atoms with van der Waals surface area (Å²) in [5.41, 5.74) is 0. The summed E-state index contributed by atoms with van der Waals surface area (Å²) in [6.45, 7) is 4.82. The summed E-state index contributed by atoms with van der Waals surface area (Å²) in [6.07, 6.45) is 51.3. The summed E-state index contributed by atoms with van der Waals surface area (Å²) in [7, 11) is 5.96. The molecule has 0 aromatic carbocycles. The van der Waals surface area contributed by atoms with Crippen LogP contribution in [0.3, 0.4) is 0 Å². The minimum atomic E-state index is -1.50. The third-order valence-corrected chi connectivity index (χ3v) is 12.9. The van der Waals surface area contributed by atoms with E-state index in [1.165, 1.54) is 205 Å². The van der Waals surface area contributed by atoms with Gasteiger partial charge in [0.1, 0.15) is 13.2 Å². The van der Waals surface area contributed by atoms with Gasteiger partial charge in [0.25, 0.3) is 6.29 Å². The van der Waals surface area contributed by atoms with Gasteiger partial charge in [-0.05, 0) is 12.8 Å². The van der Waals surface area contributed by atoms with E-state index >= 15 is 0 Å². The van der Waals surface area contributed by atoms with E-state index in [0.29, 0.717) is 17.4 Å². The predicted octanol–water partition coefficient (Wildman–Crippen LogP) is 16.0. The first kappa shape index (κ1) is 63.3. The van der Waals surface area contributed by atoms with Crippen LogP contribution >= 0.6 is 0 Å². The minimum absolute atomic E-state index is 0.176. The standard InChI is InChI=1S/C56H109NO8/c1-6-8-10-12-13-14-15-16-17-18-19-20-21-22-23-24-25-26-27-28-29-30-31-32-33-34-35-36-37-38-39-40-41-43-45-47-54(59)65-52(50-63-53(58)46-44-42-11-9-7-2)51-64-56(55(60)61)62-49-48-57(3,4)5/h52,56H,6-51H2,1-5H3/p+1. The molecule has 0 aromatic heterocycles. The molecule has 0 saturated carbocycles. The number of carbonyl (C=O) groups excluding carboxylic acids is 2. The highest BCUT2D eigenvalue weighted by molar-refractivity contribution is 5.71. The number of carboxylic acid groups (broad SMARTS) is 1. The van der Waals surface area contributed by atoms with E-state index in [4.69, 9.17) is 18.9 Å². The Hall–Kier alpha value is -1.71. The highest BCUT2D eigenvalue weighted by atomic mass is 16.7. The molecule has 0 heterocycles. The lowest BCUT2D eigenvalue weighted by Crippen LogP contribution is -2.40. The average Bonchev–Trinajstić information content (AvgIpc) is 3.27. The van der Waals surface area contributed by atoms with Crippen molar-refractivity contribution >= 4 is 17.9 Å². The van der Waals surface area contributed by atoms with E-state index in [-0.39, 0.29) is 32.2 Å². The molecule has 2 atom stereocenters. The second kappa shape index (κ2) is 48.7. The van der Waals surface area contributed by atoms with Gasteiger partial charge in [0.15, 0.2) is 6.10 Å². The number of hydrogen-bond donors (Lipinski definition) is 1. The SMILES string of the molecule is CCCCCCCCCCCCCCCCCCCCCCCCCCCCCCCCCCCCCC(=O)OC(COC(=O)CCCCCCC)COC(OCC[N+](C)(C)C)C(=O)O. The molecule has 1 N–H and O–H groups in total. The lowest BCUT2D eigenvalue weighted by Gasteiger charge is -2.25. The second-order valence-electron chi connectivity index (χ2n) is 20.6. The summed E-state index contributed by atoms with van der Waals surface area (Å²) in [5, 5.41) is 9.61. The molecule has 9 nitrogen and oxygen atoms in total. The first-order valence-electron chi connectivity index (χ1n) is 28.2. The van der Waals surface area contributed by atoms with Crippen molar-refractivity contribution in [2.45, 2.75) is 296 Å². The van der Waals surface area contributed by atoms with Gasteiger partial charge in [-0.3, -0.25) is 9.59 Å². The number of nitrogens with zero attached hydrogens (tertiary/aromatic N) is 1. The highest BCUT2D eigenvalue weighted by Crippen LogP contribution is 2.18. The van der Waals surface area contributed by atoms with Gasteiger partial charge in [0, 0.05) is 12.8 Å². The van der Waals surface area contributed by atoms with Crippen LogP contribution in [0.25, 0.3) is 0 Å². The van der Waals surface area contributed by atoms with Crippen molar-refractivity contribution in [3.63, 3.8) is 0 Å². The van der Waals surface area contributed by atoms with Crippen LogP contribution in [0.15, 0.2) is 0 Å². The van der Waals surface area contributed by atoms with E-state index in [9.17, 15) is 19.5 Å². The smallest absolute Gasteiger partial charge is 0.361 e. The molecule has 0 fully saturated rings. The minimum Gasteiger partial charge on any atom is -0.477 e. The average molecular weight is 925 g/mol. The van der Waals surface area contributed by atoms with Crippen LogP contribution in [0, 0.1) is 0 Å². The van der Waals surface area contributed by atoms with Gasteiger partial charge in [-0.25, -0.2) is 4.79 Å². The highest BCUT2D eigenvalue weighted by Gasteiger charge is 2.25. The molecule has 386 valence electrons. The molecule has 0 rings (SSSR count). The Morgan fingerprint density at radius 1 is 0.400 bits per heavy atom. The van der Waals surface area contributed by atoms with Gasteiger partial charge < -0.3 is 28.5 Å². The van der Waals surface area contributed by atoms with Crippen LogP contribution in [0.2, 0.25) is 0 Å². The van der Waals surface area contributed by atoms with Crippen LogP contribution in [0.4, 0.5) is 0 Å². The Labute approximate surface area is 403 Å². The molecular formula is C56H110NO8+. The fraction of sp³-hybridized carbons (Fsp3) is 0.946. The van der Waals surface area contributed by atoms with Crippen molar-refractivity contribution in [3.05, 3.63) is 0 Å². The number of hydrogen-bond acceptors (Lipinski definition) is 7. The van der Waals surface area contributed by atoms with Crippen molar-refractivity contribution in [1.29, 1.82) is 0 Å². The van der Waals surface area contributed by atoms with Gasteiger partial charge in [0.05, 0.1) is 34.4 Å². The van der Waals surface area contributed by atoms with E-state index in [0.717, 1.165) is 51.4 Å². The number of unbranched alkanes of at least 4 members (excludes halogenated alkanes) is 38. The fourth-order valence-corrected chi connectivity index (χ4v) is 8.49. The van der Waals surface area contributed by atoms with Crippen molar-refractivity contribution in [3.8, 4) is 0 Å². The van der Waals surface area contributed by atoms with Gasteiger partial charge in [-0.1, -0.05) is 258 Å². The summed E-state index contributed by atoms with van der Waals surface area (Å²) in [4.78, 5) is 36.9. The zero-order valence-electron chi connectivity index (χ0n) is 43.9. The molecule has 2 unspecified atom stereocenters. The maximum Gasteiger partial charge on any atom is 0.361 e. The van der Waals surface area contributed by atoms with Crippen LogP contribution < -0.4 is 0 Å². The molecule has 0 radical (unpaired) electrons. The largest absolute Gasteiger partial charge is 0.477 e. The Bertz CT molecular complexity index is 1030. The first-order valence-corrected chi connectivity index (χ1v) is 28.2. The number of rotatable bonds is 53. The van der Waals surface area contributed by atoms with Gasteiger partial charge in [0.2, 0.25) is 0 Å². The number of esters is 2. The molecule has 0 bridgehead atoms. The molecule has 0 aliphatic carbocycles. The number of carboxylic acids is 1. The van der Waals surface area contributed by atoms with Crippen molar-refractivity contribution in [2.75, 3.05) is 47.5 Å². The molecule has 0 spiro atoms. The Balaban J connectivity index is 3.78. The van der Waals surface area contributed by atoms with Gasteiger partial charge in [-0.15, -0.1) is 0 Å². The van der Waals surface area contributed by atoms with Crippen LogP contribution in [-0.2, 0) is 33.3 Å². The maximum absolute atomic E-state index is 12.7. The summed E-state index contributed by atoms with van der Waals surface area (Å²) < 4.78 is 22.6. The van der Waals surface area contributed by atoms with Crippen molar-refractivity contribution in [1.82, 2.24) is 0 Å². The van der Waals surface area contributed by atoms with Crippen LogP contribution in [0.5, 0.6) is 0 Å². The molecule has 9 heteroatoms. The normalized spacial score (nSPS) is 12.7. The lowest BCUT2D eigenvalue weighted by molar-refractivity contribution is -0.870. The van der Waals surface area contributed by atoms with Gasteiger partial charge in [-0.2, -0.15) is 0 Å². The topological polar surface area (TPSA) is 108 Å². The quantitative estimate of drug-likeness (QED) is 0.0278. The zero-order chi connectivity index (χ0) is 47.7. The van der Waals surface area contributed by atoms with Crippen LogP contribution in [-0.4, -0.2) is 87.4 Å². The first-order chi connectivity index (χ1) is 31.6. The van der Waals surface area contributed by atoms with Crippen molar-refractivity contribution < 1.29 is 42.9 Å². The number of likely N-dealkylation sites (N-methyl/N-ethyl adjacent to an activating group) is 1. The molecule has 0 amide bonds. The molecule has 0 aliphatic rings. The van der Waals surface area contributed by atoms with Crippen LogP contribution in [0.1, 0.15) is 284 Å².